The number of nitrogens with one attached hydrogen (secondary N) is 1. The van der Waals surface area contributed by atoms with Crippen LogP contribution in [0.15, 0.2) is 18.2 Å². The maximum atomic E-state index is 11.5. The van der Waals surface area contributed by atoms with Gasteiger partial charge < -0.3 is 5.32 Å². The van der Waals surface area contributed by atoms with Gasteiger partial charge in [0.2, 0.25) is 5.91 Å². The first-order valence-electron chi connectivity index (χ1n) is 5.02. The molecule has 1 saturated carbocycles. The zero-order valence-corrected chi connectivity index (χ0v) is 8.58. The molecule has 1 fully saturated rings. The molecule has 1 aliphatic rings. The molecule has 1 aromatic rings. The zero-order chi connectivity index (χ0) is 10.8. The van der Waals surface area contributed by atoms with Crippen LogP contribution in [0.3, 0.4) is 0 Å². The summed E-state index contributed by atoms with van der Waals surface area (Å²) in [5.41, 5.74) is 2.32. The second kappa shape index (κ2) is 3.74. The third-order valence-electron chi connectivity index (χ3n) is 2.57. The number of hydrogen-bond acceptors (Lipinski definition) is 2. The second-order valence-electron chi connectivity index (χ2n) is 3.91. The number of nitriles is 1. The molecule has 1 amide bonds. The van der Waals surface area contributed by atoms with Crippen molar-refractivity contribution < 1.29 is 4.79 Å². The topological polar surface area (TPSA) is 52.9 Å². The van der Waals surface area contributed by atoms with Gasteiger partial charge in [-0.3, -0.25) is 4.79 Å². The van der Waals surface area contributed by atoms with E-state index in [4.69, 9.17) is 5.26 Å². The van der Waals surface area contributed by atoms with E-state index in [0.29, 0.717) is 5.56 Å². The lowest BCUT2D eigenvalue weighted by molar-refractivity contribution is -0.117. The van der Waals surface area contributed by atoms with Crippen LogP contribution in [0, 0.1) is 24.2 Å². The maximum absolute atomic E-state index is 11.5. The van der Waals surface area contributed by atoms with Crippen molar-refractivity contribution in [3.05, 3.63) is 29.3 Å². The average molecular weight is 200 g/mol. The van der Waals surface area contributed by atoms with Crippen molar-refractivity contribution in [1.29, 1.82) is 5.26 Å². The van der Waals surface area contributed by atoms with Crippen LogP contribution in [0.4, 0.5) is 5.69 Å². The summed E-state index contributed by atoms with van der Waals surface area (Å²) in [4.78, 5) is 11.5. The summed E-state index contributed by atoms with van der Waals surface area (Å²) in [7, 11) is 0. The van der Waals surface area contributed by atoms with Gasteiger partial charge in [0.25, 0.3) is 0 Å². The number of carbonyl (C=O) groups excluding carboxylic acids is 1. The third-order valence-corrected chi connectivity index (χ3v) is 2.57. The van der Waals surface area contributed by atoms with Crippen molar-refractivity contribution >= 4 is 11.6 Å². The summed E-state index contributed by atoms with van der Waals surface area (Å²) >= 11 is 0. The van der Waals surface area contributed by atoms with Crippen LogP contribution < -0.4 is 5.32 Å². The van der Waals surface area contributed by atoms with Crippen LogP contribution >= 0.6 is 0 Å². The van der Waals surface area contributed by atoms with Crippen molar-refractivity contribution in [2.75, 3.05) is 5.32 Å². The Kier molecular flexibility index (Phi) is 2.42. The quantitative estimate of drug-likeness (QED) is 0.795. The van der Waals surface area contributed by atoms with Crippen LogP contribution in [-0.4, -0.2) is 5.91 Å². The molecule has 0 unspecified atom stereocenters. The normalized spacial score (nSPS) is 14.4. The highest BCUT2D eigenvalue weighted by Crippen LogP contribution is 2.30. The van der Waals surface area contributed by atoms with Crippen molar-refractivity contribution in [3.63, 3.8) is 0 Å². The highest BCUT2D eigenvalue weighted by molar-refractivity contribution is 5.94. The van der Waals surface area contributed by atoms with E-state index >= 15 is 0 Å². The summed E-state index contributed by atoms with van der Waals surface area (Å²) < 4.78 is 0. The fourth-order valence-electron chi connectivity index (χ4n) is 1.41. The lowest BCUT2D eigenvalue weighted by atomic mass is 10.1. The van der Waals surface area contributed by atoms with E-state index in [1.807, 2.05) is 13.0 Å². The van der Waals surface area contributed by atoms with Gasteiger partial charge in [0.05, 0.1) is 11.6 Å². The molecule has 3 heteroatoms. The van der Waals surface area contributed by atoms with E-state index < -0.39 is 0 Å². The molecule has 15 heavy (non-hydrogen) atoms. The summed E-state index contributed by atoms with van der Waals surface area (Å²) in [6.07, 6.45) is 1.98. The Morgan fingerprint density at radius 2 is 2.27 bits per heavy atom. The molecule has 76 valence electrons. The number of rotatable bonds is 2. The van der Waals surface area contributed by atoms with Gasteiger partial charge in [-0.1, -0.05) is 6.07 Å². The van der Waals surface area contributed by atoms with Gasteiger partial charge in [0.15, 0.2) is 0 Å². The minimum absolute atomic E-state index is 0.0770. The van der Waals surface area contributed by atoms with E-state index in [-0.39, 0.29) is 11.8 Å². The predicted molar refractivity (Wildman–Crippen MR) is 57.2 cm³/mol. The van der Waals surface area contributed by atoms with Gasteiger partial charge in [-0.05, 0) is 37.5 Å². The first-order chi connectivity index (χ1) is 7.20. The average Bonchev–Trinajstić information content (AvgIpc) is 3.04. The molecule has 0 spiro atoms. The van der Waals surface area contributed by atoms with E-state index in [1.54, 1.807) is 12.1 Å². The summed E-state index contributed by atoms with van der Waals surface area (Å²) in [5, 5.41) is 11.6. The Bertz CT molecular complexity index is 441. The van der Waals surface area contributed by atoms with Crippen LogP contribution in [0.5, 0.6) is 0 Å². The third kappa shape index (κ3) is 2.16. The van der Waals surface area contributed by atoms with Crippen molar-refractivity contribution in [2.24, 2.45) is 5.92 Å². The van der Waals surface area contributed by atoms with Gasteiger partial charge in [0, 0.05) is 11.6 Å². The fourth-order valence-corrected chi connectivity index (χ4v) is 1.41. The Morgan fingerprint density at radius 3 is 2.87 bits per heavy atom. The van der Waals surface area contributed by atoms with E-state index in [2.05, 4.69) is 11.4 Å². The van der Waals surface area contributed by atoms with Gasteiger partial charge in [-0.25, -0.2) is 0 Å². The predicted octanol–water partition coefficient (Wildman–Crippen LogP) is 2.22. The van der Waals surface area contributed by atoms with Gasteiger partial charge in [0.1, 0.15) is 0 Å². The molecule has 0 atom stereocenters. The number of benzene rings is 1. The second-order valence-corrected chi connectivity index (χ2v) is 3.91. The summed E-state index contributed by atoms with van der Waals surface area (Å²) in [6.45, 7) is 1.92. The molecule has 1 aromatic carbocycles. The number of nitrogens with zero attached hydrogens (tertiary/aromatic N) is 1. The van der Waals surface area contributed by atoms with Crippen LogP contribution in [0.2, 0.25) is 0 Å². The van der Waals surface area contributed by atoms with Crippen molar-refractivity contribution in [2.45, 2.75) is 19.8 Å². The number of carbonyl (C=O) groups is 1. The molecule has 0 heterocycles. The molecular weight excluding hydrogens is 188 g/mol. The fraction of sp³-hybridized carbons (Fsp3) is 0.333. The van der Waals surface area contributed by atoms with E-state index in [9.17, 15) is 4.79 Å². The summed E-state index contributed by atoms with van der Waals surface area (Å²) in [5.74, 6) is 0.267. The minimum atomic E-state index is 0.0770. The van der Waals surface area contributed by atoms with Crippen molar-refractivity contribution in [3.8, 4) is 6.07 Å². The van der Waals surface area contributed by atoms with E-state index in [1.165, 1.54) is 0 Å². The SMILES string of the molecule is Cc1ccc(C#N)cc1NC(=O)C1CC1. The maximum Gasteiger partial charge on any atom is 0.227 e. The molecule has 3 nitrogen and oxygen atoms in total. The largest absolute Gasteiger partial charge is 0.326 e. The number of amides is 1. The summed E-state index contributed by atoms with van der Waals surface area (Å²) in [6, 6.07) is 7.38. The van der Waals surface area contributed by atoms with Crippen molar-refractivity contribution in [1.82, 2.24) is 0 Å². The lowest BCUT2D eigenvalue weighted by Gasteiger charge is -2.07. The van der Waals surface area contributed by atoms with Crippen LogP contribution in [-0.2, 0) is 4.79 Å². The number of anilines is 1. The van der Waals surface area contributed by atoms with Crippen LogP contribution in [0.25, 0.3) is 0 Å². The Balaban J connectivity index is 2.19. The minimum Gasteiger partial charge on any atom is -0.326 e. The molecule has 0 saturated heterocycles. The highest BCUT2D eigenvalue weighted by atomic mass is 16.2. The van der Waals surface area contributed by atoms with Gasteiger partial charge in [-0.2, -0.15) is 5.26 Å². The Labute approximate surface area is 88.7 Å². The van der Waals surface area contributed by atoms with Crippen LogP contribution in [0.1, 0.15) is 24.0 Å². The first-order valence-corrected chi connectivity index (χ1v) is 5.02. The molecular formula is C12H12N2O. The molecule has 1 aliphatic carbocycles. The highest BCUT2D eigenvalue weighted by Gasteiger charge is 2.29. The molecule has 0 aromatic heterocycles. The smallest absolute Gasteiger partial charge is 0.227 e. The van der Waals surface area contributed by atoms with Gasteiger partial charge in [-0.15, -0.1) is 0 Å². The molecule has 0 aliphatic heterocycles. The molecule has 0 bridgehead atoms. The number of aryl methyl sites for hydroxylation is 1. The molecule has 1 N–H and O–H groups in total. The standard InChI is InChI=1S/C12H12N2O/c1-8-2-3-9(7-13)6-11(8)14-12(15)10-4-5-10/h2-3,6,10H,4-5H2,1H3,(H,14,15). The lowest BCUT2D eigenvalue weighted by Crippen LogP contribution is -2.14. The Hall–Kier alpha value is -1.82. The molecule has 2 rings (SSSR count). The van der Waals surface area contributed by atoms with Gasteiger partial charge >= 0.3 is 0 Å². The van der Waals surface area contributed by atoms with E-state index in [0.717, 1.165) is 24.1 Å². The zero-order valence-electron chi connectivity index (χ0n) is 8.58. The Morgan fingerprint density at radius 1 is 1.53 bits per heavy atom. The first kappa shape index (κ1) is 9.72. The molecule has 0 radical (unpaired) electrons. The monoisotopic (exact) mass is 200 g/mol. The number of hydrogen-bond donors (Lipinski definition) is 1.